The molecule has 0 bridgehead atoms. The predicted molar refractivity (Wildman–Crippen MR) is 123 cm³/mol. The van der Waals surface area contributed by atoms with Crippen LogP contribution in [0.5, 0.6) is 0 Å². The van der Waals surface area contributed by atoms with Gasteiger partial charge in [0.15, 0.2) is 0 Å². The molecule has 6 nitrogen and oxygen atoms in total. The van der Waals surface area contributed by atoms with Crippen molar-refractivity contribution >= 4 is 27.3 Å². The maximum atomic E-state index is 12.5. The standard InChI is InChI=1S/C24H25N3O3S/c1-17(18-5-3-2-4-6-18)25-20-9-11-21(12-10-20)26-24(28)19-7-15-23(16-8-19)31(29,30)27-22-13-14-22/h2-12,15-17,22,25,27H,13-14H2,1H3,(H,26,28). The predicted octanol–water partition coefficient (Wildman–Crippen LogP) is 4.55. The largest absolute Gasteiger partial charge is 0.379 e. The van der Waals surface area contributed by atoms with Crippen molar-refractivity contribution in [3.63, 3.8) is 0 Å². The minimum atomic E-state index is -3.52. The Morgan fingerprint density at radius 2 is 1.48 bits per heavy atom. The molecule has 0 radical (unpaired) electrons. The Morgan fingerprint density at radius 3 is 2.10 bits per heavy atom. The van der Waals surface area contributed by atoms with Crippen molar-refractivity contribution < 1.29 is 13.2 Å². The summed E-state index contributed by atoms with van der Waals surface area (Å²) >= 11 is 0. The van der Waals surface area contributed by atoms with Gasteiger partial charge in [-0.25, -0.2) is 13.1 Å². The average molecular weight is 436 g/mol. The van der Waals surface area contributed by atoms with Crippen molar-refractivity contribution in [3.05, 3.63) is 90.0 Å². The molecule has 3 N–H and O–H groups in total. The van der Waals surface area contributed by atoms with Crippen molar-refractivity contribution in [2.24, 2.45) is 0 Å². The SMILES string of the molecule is CC(Nc1ccc(NC(=O)c2ccc(S(=O)(=O)NC3CC3)cc2)cc1)c1ccccc1. The van der Waals surface area contributed by atoms with Gasteiger partial charge in [-0.2, -0.15) is 0 Å². The highest BCUT2D eigenvalue weighted by Crippen LogP contribution is 2.23. The fraction of sp³-hybridized carbons (Fsp3) is 0.208. The Morgan fingerprint density at radius 1 is 0.871 bits per heavy atom. The van der Waals surface area contributed by atoms with Crippen LogP contribution in [0.3, 0.4) is 0 Å². The summed E-state index contributed by atoms with van der Waals surface area (Å²) in [7, 11) is -3.52. The van der Waals surface area contributed by atoms with E-state index in [1.807, 2.05) is 42.5 Å². The van der Waals surface area contributed by atoms with Gasteiger partial charge in [-0.1, -0.05) is 30.3 Å². The number of benzene rings is 3. The molecule has 1 amide bonds. The minimum absolute atomic E-state index is 0.0427. The number of anilines is 2. The van der Waals surface area contributed by atoms with Crippen LogP contribution in [0.2, 0.25) is 0 Å². The Bertz CT molecular complexity index is 1140. The molecule has 1 fully saturated rings. The third-order valence-electron chi connectivity index (χ3n) is 5.15. The van der Waals surface area contributed by atoms with Crippen LogP contribution in [0.1, 0.15) is 41.7 Å². The van der Waals surface area contributed by atoms with E-state index in [-0.39, 0.29) is 22.9 Å². The van der Waals surface area contributed by atoms with Crippen molar-refractivity contribution in [2.45, 2.75) is 36.7 Å². The van der Waals surface area contributed by atoms with Crippen molar-refractivity contribution in [3.8, 4) is 0 Å². The van der Waals surface area contributed by atoms with E-state index >= 15 is 0 Å². The molecule has 0 spiro atoms. The van der Waals surface area contributed by atoms with E-state index in [1.165, 1.54) is 29.8 Å². The zero-order valence-electron chi connectivity index (χ0n) is 17.2. The maximum Gasteiger partial charge on any atom is 0.255 e. The highest BCUT2D eigenvalue weighted by molar-refractivity contribution is 7.89. The summed E-state index contributed by atoms with van der Waals surface area (Å²) in [6.45, 7) is 2.09. The summed E-state index contributed by atoms with van der Waals surface area (Å²) in [4.78, 5) is 12.7. The first kappa shape index (κ1) is 21.1. The monoisotopic (exact) mass is 435 g/mol. The smallest absolute Gasteiger partial charge is 0.255 e. The van der Waals surface area contributed by atoms with Gasteiger partial charge < -0.3 is 10.6 Å². The molecule has 1 aliphatic rings. The average Bonchev–Trinajstić information content (AvgIpc) is 3.59. The van der Waals surface area contributed by atoms with Gasteiger partial charge in [0.25, 0.3) is 5.91 Å². The molecule has 3 aromatic carbocycles. The number of carbonyl (C=O) groups excluding carboxylic acids is 1. The highest BCUT2D eigenvalue weighted by Gasteiger charge is 2.27. The molecule has 0 saturated heterocycles. The first-order valence-electron chi connectivity index (χ1n) is 10.3. The summed E-state index contributed by atoms with van der Waals surface area (Å²) in [6, 6.07) is 23.8. The minimum Gasteiger partial charge on any atom is -0.379 e. The topological polar surface area (TPSA) is 87.3 Å². The lowest BCUT2D eigenvalue weighted by molar-refractivity contribution is 0.102. The van der Waals surface area contributed by atoms with Crippen molar-refractivity contribution in [1.82, 2.24) is 4.72 Å². The molecule has 0 heterocycles. The zero-order valence-corrected chi connectivity index (χ0v) is 18.0. The van der Waals surface area contributed by atoms with Crippen LogP contribution in [-0.2, 0) is 10.0 Å². The van der Waals surface area contributed by atoms with Crippen LogP contribution in [0.4, 0.5) is 11.4 Å². The Labute approximate surface area is 182 Å². The number of hydrogen-bond donors (Lipinski definition) is 3. The van der Waals surface area contributed by atoms with E-state index in [0.717, 1.165) is 18.5 Å². The fourth-order valence-electron chi connectivity index (χ4n) is 3.20. The molecule has 160 valence electrons. The van der Waals surface area contributed by atoms with Gasteiger partial charge in [-0.3, -0.25) is 4.79 Å². The van der Waals surface area contributed by atoms with Crippen LogP contribution < -0.4 is 15.4 Å². The molecule has 0 aliphatic heterocycles. The second-order valence-corrected chi connectivity index (χ2v) is 9.44. The maximum absolute atomic E-state index is 12.5. The number of rotatable bonds is 8. The molecule has 4 rings (SSSR count). The number of nitrogens with one attached hydrogen (secondary N) is 3. The van der Waals surface area contributed by atoms with Crippen LogP contribution in [0.25, 0.3) is 0 Å². The molecular weight excluding hydrogens is 410 g/mol. The quantitative estimate of drug-likeness (QED) is 0.484. The third-order valence-corrected chi connectivity index (χ3v) is 6.69. The summed E-state index contributed by atoms with van der Waals surface area (Å²) in [5.74, 6) is -0.294. The molecule has 7 heteroatoms. The van der Waals surface area contributed by atoms with E-state index in [9.17, 15) is 13.2 Å². The van der Waals surface area contributed by atoms with Gasteiger partial charge in [0.05, 0.1) is 4.90 Å². The lowest BCUT2D eigenvalue weighted by Gasteiger charge is -2.16. The van der Waals surface area contributed by atoms with E-state index in [2.05, 4.69) is 34.4 Å². The molecule has 1 saturated carbocycles. The van der Waals surface area contributed by atoms with Crippen LogP contribution in [-0.4, -0.2) is 20.4 Å². The van der Waals surface area contributed by atoms with Gasteiger partial charge in [0, 0.05) is 29.0 Å². The Hall–Kier alpha value is -3.16. The first-order chi connectivity index (χ1) is 14.9. The summed E-state index contributed by atoms with van der Waals surface area (Å²) in [5.41, 5.74) is 3.20. The zero-order chi connectivity index (χ0) is 21.8. The van der Waals surface area contributed by atoms with Crippen LogP contribution >= 0.6 is 0 Å². The van der Waals surface area contributed by atoms with Gasteiger partial charge in [-0.15, -0.1) is 0 Å². The summed E-state index contributed by atoms with van der Waals surface area (Å²) in [6.07, 6.45) is 1.75. The molecule has 1 unspecified atom stereocenters. The van der Waals surface area contributed by atoms with Gasteiger partial charge in [0.1, 0.15) is 0 Å². The molecule has 1 aliphatic carbocycles. The van der Waals surface area contributed by atoms with Crippen molar-refractivity contribution in [2.75, 3.05) is 10.6 Å². The van der Waals surface area contributed by atoms with E-state index in [4.69, 9.17) is 0 Å². The summed E-state index contributed by atoms with van der Waals surface area (Å²) in [5, 5.41) is 6.27. The second kappa shape index (κ2) is 8.91. The lowest BCUT2D eigenvalue weighted by Crippen LogP contribution is -2.25. The normalized spacial score (nSPS) is 14.6. The van der Waals surface area contributed by atoms with Gasteiger partial charge in [0.2, 0.25) is 10.0 Å². The Kier molecular flexibility index (Phi) is 6.06. The third kappa shape index (κ3) is 5.51. The molecule has 1 atom stereocenters. The number of amides is 1. The first-order valence-corrected chi connectivity index (χ1v) is 11.7. The molecular formula is C24H25N3O3S. The van der Waals surface area contributed by atoms with Gasteiger partial charge >= 0.3 is 0 Å². The molecule has 31 heavy (non-hydrogen) atoms. The van der Waals surface area contributed by atoms with Crippen LogP contribution in [0.15, 0.2) is 83.8 Å². The van der Waals surface area contributed by atoms with E-state index in [0.29, 0.717) is 11.3 Å². The highest BCUT2D eigenvalue weighted by atomic mass is 32.2. The van der Waals surface area contributed by atoms with Crippen LogP contribution in [0, 0.1) is 0 Å². The van der Waals surface area contributed by atoms with E-state index < -0.39 is 10.0 Å². The van der Waals surface area contributed by atoms with Gasteiger partial charge in [-0.05, 0) is 73.9 Å². The lowest BCUT2D eigenvalue weighted by atomic mass is 10.1. The number of sulfonamides is 1. The second-order valence-electron chi connectivity index (χ2n) is 7.73. The van der Waals surface area contributed by atoms with E-state index in [1.54, 1.807) is 0 Å². The fourth-order valence-corrected chi connectivity index (χ4v) is 4.51. The molecule has 0 aromatic heterocycles. The number of hydrogen-bond acceptors (Lipinski definition) is 4. The Balaban J connectivity index is 1.36. The number of carbonyl (C=O) groups is 1. The summed E-state index contributed by atoms with van der Waals surface area (Å²) < 4.78 is 27.1. The van der Waals surface area contributed by atoms with Crippen molar-refractivity contribution in [1.29, 1.82) is 0 Å². The molecule has 3 aromatic rings.